The van der Waals surface area contributed by atoms with E-state index in [-0.39, 0.29) is 29.9 Å². The highest BCUT2D eigenvalue weighted by atomic mass is 16.5. The monoisotopic (exact) mass is 406 g/mol. The number of amides is 2. The van der Waals surface area contributed by atoms with Gasteiger partial charge in [-0.25, -0.2) is 0 Å². The van der Waals surface area contributed by atoms with Crippen LogP contribution in [0.25, 0.3) is 0 Å². The molecule has 1 saturated heterocycles. The molecule has 1 spiro atoms. The summed E-state index contributed by atoms with van der Waals surface area (Å²) in [4.78, 5) is 27.1. The first-order valence-electron chi connectivity index (χ1n) is 10.6. The molecule has 6 heteroatoms. The molecule has 6 nitrogen and oxygen atoms in total. The first-order valence-corrected chi connectivity index (χ1v) is 10.6. The van der Waals surface area contributed by atoms with Crippen molar-refractivity contribution in [1.29, 1.82) is 0 Å². The maximum atomic E-state index is 13.0. The molecule has 2 aromatic carbocycles. The van der Waals surface area contributed by atoms with Gasteiger partial charge in [0.25, 0.3) is 5.91 Å². The van der Waals surface area contributed by atoms with Crippen LogP contribution in [0.15, 0.2) is 42.5 Å². The Morgan fingerprint density at radius 1 is 1.20 bits per heavy atom. The SMILES string of the molecule is COc1cccc2c1C1(CCN(C(=O)CC3NC(=O)c4ccccc43)CC1)OCC2. The lowest BCUT2D eigenvalue weighted by molar-refractivity contribution is -0.141. The Kier molecular flexibility index (Phi) is 4.74. The van der Waals surface area contributed by atoms with Crippen LogP contribution in [0, 0.1) is 0 Å². The number of methoxy groups -OCH3 is 1. The highest BCUT2D eigenvalue weighted by Gasteiger charge is 2.44. The van der Waals surface area contributed by atoms with Crippen molar-refractivity contribution in [3.05, 3.63) is 64.7 Å². The van der Waals surface area contributed by atoms with Crippen LogP contribution >= 0.6 is 0 Å². The second-order valence-electron chi connectivity index (χ2n) is 8.29. The first kappa shape index (κ1) is 19.1. The van der Waals surface area contributed by atoms with Gasteiger partial charge in [-0.05, 0) is 42.5 Å². The number of piperidine rings is 1. The van der Waals surface area contributed by atoms with Crippen LogP contribution in [0.3, 0.4) is 0 Å². The van der Waals surface area contributed by atoms with E-state index < -0.39 is 0 Å². The summed E-state index contributed by atoms with van der Waals surface area (Å²) < 4.78 is 12.0. The molecule has 156 valence electrons. The van der Waals surface area contributed by atoms with E-state index in [2.05, 4.69) is 11.4 Å². The highest BCUT2D eigenvalue weighted by molar-refractivity contribution is 5.99. The molecule has 2 amide bonds. The lowest BCUT2D eigenvalue weighted by Gasteiger charge is -2.45. The summed E-state index contributed by atoms with van der Waals surface area (Å²) in [6, 6.07) is 13.4. The van der Waals surface area contributed by atoms with Crippen molar-refractivity contribution >= 4 is 11.8 Å². The highest BCUT2D eigenvalue weighted by Crippen LogP contribution is 2.46. The maximum Gasteiger partial charge on any atom is 0.252 e. The van der Waals surface area contributed by atoms with Gasteiger partial charge in [0, 0.05) is 24.2 Å². The number of hydrogen-bond acceptors (Lipinski definition) is 4. The number of nitrogens with one attached hydrogen (secondary N) is 1. The standard InChI is InChI=1S/C24H26N2O4/c1-29-20-8-4-5-16-9-14-30-24(22(16)20)10-12-26(13-11-24)21(27)15-19-17-6-2-3-7-18(17)23(28)25-19/h2-8,19H,9-15H2,1H3,(H,25,28). The number of hydrogen-bond donors (Lipinski definition) is 1. The molecule has 0 radical (unpaired) electrons. The molecule has 3 aliphatic heterocycles. The minimum Gasteiger partial charge on any atom is -0.496 e. The van der Waals surface area contributed by atoms with Crippen LogP contribution in [-0.4, -0.2) is 43.5 Å². The molecule has 1 N–H and O–H groups in total. The number of likely N-dealkylation sites (tertiary alicyclic amines) is 1. The molecular weight excluding hydrogens is 380 g/mol. The van der Waals surface area contributed by atoms with E-state index in [9.17, 15) is 9.59 Å². The summed E-state index contributed by atoms with van der Waals surface area (Å²) >= 11 is 0. The molecule has 0 saturated carbocycles. The lowest BCUT2D eigenvalue weighted by atomic mass is 9.78. The predicted octanol–water partition coefficient (Wildman–Crippen LogP) is 2.96. The van der Waals surface area contributed by atoms with Crippen LogP contribution < -0.4 is 10.1 Å². The van der Waals surface area contributed by atoms with Gasteiger partial charge in [0.05, 0.1) is 26.2 Å². The summed E-state index contributed by atoms with van der Waals surface area (Å²) in [6.07, 6.45) is 2.67. The van der Waals surface area contributed by atoms with E-state index in [1.807, 2.05) is 41.3 Å². The van der Waals surface area contributed by atoms with E-state index in [4.69, 9.17) is 9.47 Å². The number of fused-ring (bicyclic) bond motifs is 3. The zero-order chi connectivity index (χ0) is 20.7. The van der Waals surface area contributed by atoms with Gasteiger partial charge in [0.15, 0.2) is 0 Å². The average Bonchev–Trinajstić information content (AvgIpc) is 3.09. The van der Waals surface area contributed by atoms with Crippen molar-refractivity contribution in [1.82, 2.24) is 10.2 Å². The van der Waals surface area contributed by atoms with E-state index >= 15 is 0 Å². The lowest BCUT2D eigenvalue weighted by Crippen LogP contribution is -2.48. The average molecular weight is 406 g/mol. The summed E-state index contributed by atoms with van der Waals surface area (Å²) in [7, 11) is 1.70. The largest absolute Gasteiger partial charge is 0.496 e. The summed E-state index contributed by atoms with van der Waals surface area (Å²) in [5.41, 5.74) is 3.64. The normalized spacial score (nSPS) is 21.7. The molecule has 0 bridgehead atoms. The zero-order valence-electron chi connectivity index (χ0n) is 17.1. The molecule has 0 aromatic heterocycles. The van der Waals surface area contributed by atoms with Gasteiger partial charge < -0.3 is 19.7 Å². The topological polar surface area (TPSA) is 67.9 Å². The third-order valence-corrected chi connectivity index (χ3v) is 6.73. The molecule has 1 unspecified atom stereocenters. The molecule has 2 aromatic rings. The van der Waals surface area contributed by atoms with Gasteiger partial charge in [0.1, 0.15) is 11.4 Å². The number of benzene rings is 2. The van der Waals surface area contributed by atoms with Crippen LogP contribution in [0.4, 0.5) is 0 Å². The van der Waals surface area contributed by atoms with E-state index in [0.29, 0.717) is 25.3 Å². The van der Waals surface area contributed by atoms with Crippen molar-refractivity contribution in [2.24, 2.45) is 0 Å². The predicted molar refractivity (Wildman–Crippen MR) is 111 cm³/mol. The summed E-state index contributed by atoms with van der Waals surface area (Å²) in [5, 5.41) is 2.95. The molecule has 5 rings (SSSR count). The Hall–Kier alpha value is -2.86. The maximum absolute atomic E-state index is 13.0. The Morgan fingerprint density at radius 2 is 2.00 bits per heavy atom. The van der Waals surface area contributed by atoms with Gasteiger partial charge in [-0.1, -0.05) is 30.3 Å². The molecular formula is C24H26N2O4. The van der Waals surface area contributed by atoms with Crippen molar-refractivity contribution in [3.63, 3.8) is 0 Å². The zero-order valence-corrected chi connectivity index (χ0v) is 17.1. The first-order chi connectivity index (χ1) is 14.6. The van der Waals surface area contributed by atoms with Crippen molar-refractivity contribution in [3.8, 4) is 5.75 Å². The minimum absolute atomic E-state index is 0.0721. The van der Waals surface area contributed by atoms with E-state index in [1.54, 1.807) is 7.11 Å². The Balaban J connectivity index is 1.30. The molecule has 0 aliphatic carbocycles. The van der Waals surface area contributed by atoms with Crippen LogP contribution in [0.2, 0.25) is 0 Å². The van der Waals surface area contributed by atoms with E-state index in [1.165, 1.54) is 5.56 Å². The fraction of sp³-hybridized carbons (Fsp3) is 0.417. The second kappa shape index (κ2) is 7.43. The van der Waals surface area contributed by atoms with Crippen LogP contribution in [0.1, 0.15) is 52.4 Å². The Labute approximate surface area is 176 Å². The van der Waals surface area contributed by atoms with Crippen molar-refractivity contribution < 1.29 is 19.1 Å². The molecule has 3 heterocycles. The van der Waals surface area contributed by atoms with E-state index in [0.717, 1.165) is 36.1 Å². The van der Waals surface area contributed by atoms with Gasteiger partial charge in [-0.15, -0.1) is 0 Å². The number of ether oxygens (including phenoxy) is 2. The molecule has 1 atom stereocenters. The van der Waals surface area contributed by atoms with Gasteiger partial charge >= 0.3 is 0 Å². The van der Waals surface area contributed by atoms with Gasteiger partial charge in [-0.3, -0.25) is 9.59 Å². The Bertz CT molecular complexity index is 980. The van der Waals surface area contributed by atoms with Crippen LogP contribution in [0.5, 0.6) is 5.75 Å². The minimum atomic E-state index is -0.384. The molecule has 30 heavy (non-hydrogen) atoms. The third kappa shape index (κ3) is 3.06. The van der Waals surface area contributed by atoms with Crippen LogP contribution in [-0.2, 0) is 21.6 Å². The quantitative estimate of drug-likeness (QED) is 0.851. The Morgan fingerprint density at radius 3 is 2.80 bits per heavy atom. The summed E-state index contributed by atoms with van der Waals surface area (Å²) in [6.45, 7) is 1.97. The summed E-state index contributed by atoms with van der Waals surface area (Å²) in [5.74, 6) is 0.848. The number of carbonyl (C=O) groups excluding carboxylic acids is 2. The van der Waals surface area contributed by atoms with Gasteiger partial charge in [-0.2, -0.15) is 0 Å². The molecule has 3 aliphatic rings. The fourth-order valence-corrected chi connectivity index (χ4v) is 5.20. The fourth-order valence-electron chi connectivity index (χ4n) is 5.20. The van der Waals surface area contributed by atoms with Crippen molar-refractivity contribution in [2.75, 3.05) is 26.8 Å². The number of nitrogens with zero attached hydrogens (tertiary/aromatic N) is 1. The van der Waals surface area contributed by atoms with Gasteiger partial charge in [0.2, 0.25) is 5.91 Å². The molecule has 1 fully saturated rings. The number of rotatable bonds is 3. The third-order valence-electron chi connectivity index (χ3n) is 6.73. The number of carbonyl (C=O) groups is 2. The smallest absolute Gasteiger partial charge is 0.252 e. The second-order valence-corrected chi connectivity index (χ2v) is 8.29. The van der Waals surface area contributed by atoms with Crippen molar-refractivity contribution in [2.45, 2.75) is 37.3 Å².